The summed E-state index contributed by atoms with van der Waals surface area (Å²) >= 11 is 0.194. The van der Waals surface area contributed by atoms with Gasteiger partial charge in [0.2, 0.25) is 0 Å². The Labute approximate surface area is 80.8 Å². The minimum atomic E-state index is 0. The summed E-state index contributed by atoms with van der Waals surface area (Å²) in [4.78, 5) is 0. The molecule has 6 heteroatoms. The van der Waals surface area contributed by atoms with Crippen LogP contribution in [0.3, 0.4) is 0 Å². The van der Waals surface area contributed by atoms with Gasteiger partial charge in [-0.3, -0.25) is 0 Å². The molecule has 0 unspecified atom stereocenters. The van der Waals surface area contributed by atoms with E-state index in [4.69, 9.17) is 20.2 Å². The first kappa shape index (κ1) is 24.0. The molecule has 0 heterocycles. The summed E-state index contributed by atoms with van der Waals surface area (Å²) in [7, 11) is 9.53. The Morgan fingerprint density at radius 3 is 1.00 bits per heavy atom. The van der Waals surface area contributed by atoms with E-state index in [1.807, 2.05) is 0 Å². The van der Waals surface area contributed by atoms with Crippen LogP contribution < -0.4 is 0 Å². The summed E-state index contributed by atoms with van der Waals surface area (Å²) in [6.45, 7) is 0. The maximum Gasteiger partial charge on any atom is -0.870 e. The molecule has 6 heavy (non-hydrogen) atoms. The van der Waals surface area contributed by atoms with Gasteiger partial charge in [-0.25, -0.2) is 0 Å². The molecule has 0 bridgehead atoms. The molecule has 0 fully saturated rings. The van der Waals surface area contributed by atoms with Crippen molar-refractivity contribution in [3.8, 4) is 0 Å². The molecular formula is H2CaCl2FeO2. The Bertz CT molecular complexity index is 11.5. The van der Waals surface area contributed by atoms with Crippen molar-refractivity contribution in [1.82, 2.24) is 0 Å². The smallest absolute Gasteiger partial charge is 0.870 e. The van der Waals surface area contributed by atoms with Crippen LogP contribution >= 0.6 is 20.2 Å². The van der Waals surface area contributed by atoms with Gasteiger partial charge in [-0.2, -0.15) is 0 Å². The Morgan fingerprint density at radius 2 is 1.00 bits per heavy atom. The van der Waals surface area contributed by atoms with Crippen LogP contribution in [0.5, 0.6) is 0 Å². The second kappa shape index (κ2) is 26.7. The van der Waals surface area contributed by atoms with Crippen LogP contribution in [0.4, 0.5) is 0 Å². The summed E-state index contributed by atoms with van der Waals surface area (Å²) in [5.74, 6) is 0. The molecule has 0 aliphatic heterocycles. The van der Waals surface area contributed by atoms with Crippen molar-refractivity contribution in [2.75, 3.05) is 0 Å². The Kier molecular flexibility index (Phi) is 107. The maximum absolute atomic E-state index is 4.76. The minimum Gasteiger partial charge on any atom is -0.870 e. The molecular weight excluding hydrogens is 199 g/mol. The summed E-state index contributed by atoms with van der Waals surface area (Å²) in [6.07, 6.45) is 0. The third-order valence-electron chi connectivity index (χ3n) is 0. The molecule has 0 aromatic rings. The van der Waals surface area contributed by atoms with Crippen LogP contribution in [-0.2, 0) is 13.1 Å². The monoisotopic (exact) mass is 200 g/mol. The first-order valence-electron chi connectivity index (χ1n) is 0.267. The van der Waals surface area contributed by atoms with Gasteiger partial charge < -0.3 is 11.0 Å². The van der Waals surface area contributed by atoms with E-state index >= 15 is 0 Å². The molecule has 0 aliphatic carbocycles. The van der Waals surface area contributed by atoms with Crippen molar-refractivity contribution in [2.45, 2.75) is 0 Å². The van der Waals surface area contributed by atoms with Crippen LogP contribution in [-0.4, -0.2) is 48.7 Å². The van der Waals surface area contributed by atoms with Gasteiger partial charge in [0.05, 0.1) is 0 Å². The summed E-state index contributed by atoms with van der Waals surface area (Å²) < 4.78 is 0. The van der Waals surface area contributed by atoms with E-state index in [1.54, 1.807) is 0 Å². The fraction of sp³-hybridized carbons (Fsp3) is 0. The van der Waals surface area contributed by atoms with Gasteiger partial charge in [-0.15, -0.1) is 0 Å². The number of hydrogen-bond acceptors (Lipinski definition) is 2. The van der Waals surface area contributed by atoms with Crippen molar-refractivity contribution in [3.05, 3.63) is 0 Å². The molecule has 38 valence electrons. The predicted octanol–water partition coefficient (Wildman–Crippen LogP) is 0.642. The average molecular weight is 201 g/mol. The number of halogens is 2. The molecule has 0 rings (SSSR count). The largest absolute Gasteiger partial charge is 0.870 e. The van der Waals surface area contributed by atoms with Gasteiger partial charge in [-0.1, -0.05) is 0 Å². The van der Waals surface area contributed by atoms with Crippen molar-refractivity contribution >= 4 is 57.9 Å². The fourth-order valence-corrected chi connectivity index (χ4v) is 0. The SMILES string of the molecule is [Ca+2].[Cl][Fe][Cl].[OH-].[OH-]. The zero-order chi connectivity index (χ0) is 2.71. The van der Waals surface area contributed by atoms with Crippen molar-refractivity contribution in [2.24, 2.45) is 0 Å². The first-order valence-corrected chi connectivity index (χ1v) is 3.31. The maximum atomic E-state index is 4.76. The van der Waals surface area contributed by atoms with Gasteiger partial charge >= 0.3 is 71.1 Å². The molecule has 2 N–H and O–H groups in total. The van der Waals surface area contributed by atoms with Crippen molar-refractivity contribution in [3.63, 3.8) is 0 Å². The van der Waals surface area contributed by atoms with E-state index in [0.29, 0.717) is 0 Å². The van der Waals surface area contributed by atoms with Gasteiger partial charge in [0.1, 0.15) is 0 Å². The van der Waals surface area contributed by atoms with E-state index < -0.39 is 0 Å². The Hall–Kier alpha value is 2.28. The zero-order valence-electron chi connectivity index (χ0n) is 2.71. The normalized spacial score (nSPS) is 3.67. The second-order valence-electron chi connectivity index (χ2n) is 0.0505. The van der Waals surface area contributed by atoms with Crippen LogP contribution in [0.25, 0.3) is 0 Å². The average Bonchev–Trinajstić information content (AvgIpc) is 0.918. The van der Waals surface area contributed by atoms with Gasteiger partial charge in [0, 0.05) is 0 Å². The summed E-state index contributed by atoms with van der Waals surface area (Å²) in [5, 5.41) is 0. The van der Waals surface area contributed by atoms with E-state index in [9.17, 15) is 0 Å². The third kappa shape index (κ3) is 33.7. The topological polar surface area (TPSA) is 60.0 Å². The van der Waals surface area contributed by atoms with Gasteiger partial charge in [0.15, 0.2) is 0 Å². The second-order valence-corrected chi connectivity index (χ2v) is 1.87. The van der Waals surface area contributed by atoms with E-state index in [-0.39, 0.29) is 61.8 Å². The predicted molar refractivity (Wildman–Crippen MR) is 21.3 cm³/mol. The molecule has 0 aromatic carbocycles. The Morgan fingerprint density at radius 1 is 1.00 bits per heavy atom. The van der Waals surface area contributed by atoms with E-state index in [0.717, 1.165) is 0 Å². The number of hydrogen-bond donors (Lipinski definition) is 0. The number of rotatable bonds is 0. The molecule has 0 saturated heterocycles. The molecule has 0 amide bonds. The van der Waals surface area contributed by atoms with E-state index in [1.165, 1.54) is 0 Å². The Balaban J connectivity index is -0.00000000667. The van der Waals surface area contributed by atoms with Gasteiger partial charge in [-0.05, 0) is 0 Å². The zero-order valence-corrected chi connectivity index (χ0v) is 7.54. The molecule has 2 nitrogen and oxygen atoms in total. The van der Waals surface area contributed by atoms with Crippen LogP contribution in [0, 0.1) is 0 Å². The van der Waals surface area contributed by atoms with E-state index in [2.05, 4.69) is 0 Å². The third-order valence-corrected chi connectivity index (χ3v) is 0. The van der Waals surface area contributed by atoms with Crippen LogP contribution in [0.1, 0.15) is 0 Å². The van der Waals surface area contributed by atoms with Crippen molar-refractivity contribution < 1.29 is 24.1 Å². The molecule has 0 aromatic heterocycles. The van der Waals surface area contributed by atoms with Crippen molar-refractivity contribution in [1.29, 1.82) is 0 Å². The van der Waals surface area contributed by atoms with Crippen LogP contribution in [0.2, 0.25) is 0 Å². The molecule has 0 atom stereocenters. The quantitative estimate of drug-likeness (QED) is 0.539. The first-order chi connectivity index (χ1) is 1.41. The van der Waals surface area contributed by atoms with Gasteiger partial charge in [0.25, 0.3) is 0 Å². The molecule has 0 spiro atoms. The fourth-order valence-electron chi connectivity index (χ4n) is 0. The molecule has 0 radical (unpaired) electrons. The minimum absolute atomic E-state index is 0. The molecule has 0 aliphatic rings. The summed E-state index contributed by atoms with van der Waals surface area (Å²) in [6, 6.07) is 0. The molecule has 0 saturated carbocycles. The standard InChI is InChI=1S/Ca.2ClH.Fe.2H2O/h;2*1H;;2*1H2/q+2;;;+2;;/p-4. The van der Waals surface area contributed by atoms with Crippen LogP contribution in [0.15, 0.2) is 0 Å². The summed E-state index contributed by atoms with van der Waals surface area (Å²) in [5.41, 5.74) is 0.